The summed E-state index contributed by atoms with van der Waals surface area (Å²) in [6.45, 7) is 4.21. The van der Waals surface area contributed by atoms with Crippen molar-refractivity contribution in [1.82, 2.24) is 4.72 Å². The Labute approximate surface area is 148 Å². The van der Waals surface area contributed by atoms with E-state index in [0.29, 0.717) is 29.3 Å². The van der Waals surface area contributed by atoms with Crippen LogP contribution in [0.4, 0.5) is 0 Å². The predicted molar refractivity (Wildman–Crippen MR) is 100.0 cm³/mol. The molecule has 1 aliphatic heterocycles. The monoisotopic (exact) mass is 356 g/mol. The molecule has 0 aliphatic carbocycles. The van der Waals surface area contributed by atoms with Gasteiger partial charge in [-0.15, -0.1) is 0 Å². The fourth-order valence-electron chi connectivity index (χ4n) is 2.78. The first-order valence-electron chi connectivity index (χ1n) is 7.90. The zero-order chi connectivity index (χ0) is 18.0. The summed E-state index contributed by atoms with van der Waals surface area (Å²) in [7, 11) is -2.04. The summed E-state index contributed by atoms with van der Waals surface area (Å²) in [5.41, 5.74) is 3.44. The van der Waals surface area contributed by atoms with Crippen molar-refractivity contribution in [3.8, 4) is 5.75 Å². The molecule has 0 radical (unpaired) electrons. The van der Waals surface area contributed by atoms with Gasteiger partial charge < -0.3 is 4.74 Å². The number of aryl methyl sites for hydroxylation is 1. The van der Waals surface area contributed by atoms with Gasteiger partial charge in [-0.05, 0) is 54.8 Å². The predicted octanol–water partition coefficient (Wildman–Crippen LogP) is 3.27. The van der Waals surface area contributed by atoms with E-state index in [1.165, 1.54) is 0 Å². The molecular weight excluding hydrogens is 336 g/mol. The van der Waals surface area contributed by atoms with Crippen molar-refractivity contribution in [3.05, 3.63) is 70.8 Å². The zero-order valence-electron chi connectivity index (χ0n) is 14.4. The molecule has 1 aliphatic rings. The van der Waals surface area contributed by atoms with Crippen LogP contribution in [0.1, 0.15) is 23.6 Å². The lowest BCUT2D eigenvalue weighted by Crippen LogP contribution is -2.23. The van der Waals surface area contributed by atoms with Gasteiger partial charge >= 0.3 is 0 Å². The highest BCUT2D eigenvalue weighted by atomic mass is 32.2. The second-order valence-corrected chi connectivity index (χ2v) is 7.50. The molecule has 130 valence electrons. The normalized spacial score (nSPS) is 17.6. The topological polar surface area (TPSA) is 67.8 Å². The number of ether oxygens (including phenoxy) is 1. The van der Waals surface area contributed by atoms with Crippen molar-refractivity contribution in [2.45, 2.75) is 20.4 Å². The molecule has 0 saturated heterocycles. The third kappa shape index (κ3) is 3.44. The van der Waals surface area contributed by atoms with Gasteiger partial charge in [-0.1, -0.05) is 24.3 Å². The van der Waals surface area contributed by atoms with E-state index in [1.54, 1.807) is 38.3 Å². The molecule has 0 atom stereocenters. The maximum atomic E-state index is 12.5. The molecule has 0 unspecified atom stereocenters. The van der Waals surface area contributed by atoms with E-state index >= 15 is 0 Å². The van der Waals surface area contributed by atoms with E-state index in [0.717, 1.165) is 11.1 Å². The van der Waals surface area contributed by atoms with Gasteiger partial charge in [-0.3, -0.25) is 9.71 Å². The quantitative estimate of drug-likeness (QED) is 0.914. The van der Waals surface area contributed by atoms with Gasteiger partial charge in [0.2, 0.25) is 0 Å². The Hall–Kier alpha value is -2.60. The second-order valence-electron chi connectivity index (χ2n) is 5.88. The highest BCUT2D eigenvalue weighted by Gasteiger charge is 2.32. The van der Waals surface area contributed by atoms with Gasteiger partial charge in [0.05, 0.1) is 13.7 Å². The van der Waals surface area contributed by atoms with Crippen LogP contribution < -0.4 is 9.46 Å². The van der Waals surface area contributed by atoms with Crippen LogP contribution in [0.25, 0.3) is 4.91 Å². The Kier molecular flexibility index (Phi) is 4.63. The van der Waals surface area contributed by atoms with Crippen LogP contribution in [0.5, 0.6) is 5.75 Å². The summed E-state index contributed by atoms with van der Waals surface area (Å²) in [6.07, 6.45) is 0. The van der Waals surface area contributed by atoms with Crippen LogP contribution in [0.2, 0.25) is 0 Å². The fourth-order valence-corrected chi connectivity index (χ4v) is 4.30. The minimum atomic E-state index is -3.61. The largest absolute Gasteiger partial charge is 0.497 e. The van der Waals surface area contributed by atoms with Gasteiger partial charge in [0.15, 0.2) is 0 Å². The molecule has 0 spiro atoms. The molecule has 0 amide bonds. The average Bonchev–Trinajstić information content (AvgIpc) is 2.83. The molecular formula is C19H20N2O3S. The van der Waals surface area contributed by atoms with Crippen LogP contribution in [-0.4, -0.2) is 21.4 Å². The number of amidine groups is 1. The van der Waals surface area contributed by atoms with Crippen molar-refractivity contribution in [2.75, 3.05) is 7.11 Å². The molecule has 0 bridgehead atoms. The van der Waals surface area contributed by atoms with Crippen molar-refractivity contribution in [1.29, 1.82) is 0 Å². The summed E-state index contributed by atoms with van der Waals surface area (Å²) in [5.74, 6) is 1.08. The second kappa shape index (κ2) is 6.72. The number of hydrogen-bond acceptors (Lipinski definition) is 4. The van der Waals surface area contributed by atoms with Gasteiger partial charge in [0.1, 0.15) is 16.5 Å². The zero-order valence-corrected chi connectivity index (χ0v) is 15.2. The van der Waals surface area contributed by atoms with E-state index in [2.05, 4.69) is 9.71 Å². The number of nitrogens with one attached hydrogen (secondary N) is 1. The van der Waals surface area contributed by atoms with E-state index in [-0.39, 0.29) is 4.91 Å². The Balaban J connectivity index is 1.96. The third-order valence-electron chi connectivity index (χ3n) is 4.22. The van der Waals surface area contributed by atoms with Crippen molar-refractivity contribution in [3.63, 3.8) is 0 Å². The van der Waals surface area contributed by atoms with Gasteiger partial charge in [-0.2, -0.15) is 0 Å². The Morgan fingerprint density at radius 1 is 1.04 bits per heavy atom. The minimum absolute atomic E-state index is 0.263. The van der Waals surface area contributed by atoms with Crippen molar-refractivity contribution < 1.29 is 13.2 Å². The lowest BCUT2D eigenvalue weighted by atomic mass is 10.1. The molecule has 5 nitrogen and oxygen atoms in total. The molecule has 2 aromatic carbocycles. The van der Waals surface area contributed by atoms with Crippen LogP contribution >= 0.6 is 0 Å². The van der Waals surface area contributed by atoms with Crippen LogP contribution in [-0.2, 0) is 16.6 Å². The van der Waals surface area contributed by atoms with Crippen LogP contribution in [0, 0.1) is 6.92 Å². The SMILES string of the molecule is COc1ccc(C2=C(C)C(=NCc3ccccc3C)NS2(=O)=O)cc1. The fraction of sp³-hybridized carbons (Fsp3) is 0.211. The molecule has 1 N–H and O–H groups in total. The summed E-state index contributed by atoms with van der Waals surface area (Å²) in [4.78, 5) is 4.75. The van der Waals surface area contributed by atoms with Crippen LogP contribution in [0.3, 0.4) is 0 Å². The molecule has 2 aromatic rings. The van der Waals surface area contributed by atoms with E-state index in [1.807, 2.05) is 31.2 Å². The standard InChI is InChI=1S/C19H20N2O3S/c1-13-6-4-5-7-16(13)12-20-19-14(2)18(25(22,23)21-19)15-8-10-17(24-3)11-9-15/h4-11H,12H2,1-3H3,(H,20,21). The number of nitrogens with zero attached hydrogens (tertiary/aromatic N) is 1. The Morgan fingerprint density at radius 2 is 1.72 bits per heavy atom. The average molecular weight is 356 g/mol. The number of aliphatic imine (C=N–C) groups is 1. The summed E-state index contributed by atoms with van der Waals surface area (Å²) < 4.78 is 32.8. The van der Waals surface area contributed by atoms with Crippen LogP contribution in [0.15, 0.2) is 59.1 Å². The number of rotatable bonds is 4. The number of sulfonamides is 1. The van der Waals surface area contributed by atoms with E-state index in [9.17, 15) is 8.42 Å². The van der Waals surface area contributed by atoms with E-state index < -0.39 is 10.0 Å². The highest BCUT2D eigenvalue weighted by Crippen LogP contribution is 2.31. The maximum Gasteiger partial charge on any atom is 0.264 e. The molecule has 25 heavy (non-hydrogen) atoms. The highest BCUT2D eigenvalue weighted by molar-refractivity contribution is 8.00. The number of methoxy groups -OCH3 is 1. The van der Waals surface area contributed by atoms with Gasteiger partial charge in [0.25, 0.3) is 10.0 Å². The number of benzene rings is 2. The molecule has 3 rings (SSSR count). The maximum absolute atomic E-state index is 12.5. The summed E-state index contributed by atoms with van der Waals surface area (Å²) in [6, 6.07) is 14.9. The first kappa shape index (κ1) is 17.2. The molecule has 1 heterocycles. The Morgan fingerprint density at radius 3 is 2.36 bits per heavy atom. The first-order chi connectivity index (χ1) is 11.9. The smallest absolute Gasteiger partial charge is 0.264 e. The Bertz CT molecular complexity index is 958. The number of hydrogen-bond donors (Lipinski definition) is 1. The van der Waals surface area contributed by atoms with E-state index in [4.69, 9.17) is 4.74 Å². The van der Waals surface area contributed by atoms with Gasteiger partial charge in [-0.25, -0.2) is 8.42 Å². The minimum Gasteiger partial charge on any atom is -0.497 e. The van der Waals surface area contributed by atoms with Crippen molar-refractivity contribution >= 4 is 20.8 Å². The molecule has 0 aromatic heterocycles. The lowest BCUT2D eigenvalue weighted by Gasteiger charge is -2.04. The summed E-state index contributed by atoms with van der Waals surface area (Å²) in [5, 5.41) is 0. The third-order valence-corrected chi connectivity index (χ3v) is 5.76. The van der Waals surface area contributed by atoms with Crippen molar-refractivity contribution in [2.24, 2.45) is 4.99 Å². The molecule has 0 fully saturated rings. The summed E-state index contributed by atoms with van der Waals surface area (Å²) >= 11 is 0. The lowest BCUT2D eigenvalue weighted by molar-refractivity contribution is 0.415. The van der Waals surface area contributed by atoms with Gasteiger partial charge in [0, 0.05) is 5.57 Å². The first-order valence-corrected chi connectivity index (χ1v) is 9.38. The molecule has 6 heteroatoms. The molecule has 0 saturated carbocycles.